The van der Waals surface area contributed by atoms with Crippen LogP contribution in [0.15, 0.2) is 60.9 Å². The Morgan fingerprint density at radius 1 is 1.20 bits per heavy atom. The van der Waals surface area contributed by atoms with E-state index >= 15 is 0 Å². The number of nitrogens with zero attached hydrogens (tertiary/aromatic N) is 3. The molecule has 6 heteroatoms. The van der Waals surface area contributed by atoms with Gasteiger partial charge in [0.05, 0.1) is 11.4 Å². The summed E-state index contributed by atoms with van der Waals surface area (Å²) in [6.45, 7) is 1.90. The molecule has 25 heavy (non-hydrogen) atoms. The molecular formula is C19H16ClN3O2. The molecule has 3 aromatic rings. The van der Waals surface area contributed by atoms with Gasteiger partial charge in [0.15, 0.2) is 0 Å². The van der Waals surface area contributed by atoms with Crippen molar-refractivity contribution in [1.29, 1.82) is 0 Å². The third kappa shape index (κ3) is 4.14. The van der Waals surface area contributed by atoms with Crippen LogP contribution in [0.4, 0.5) is 0 Å². The van der Waals surface area contributed by atoms with Crippen molar-refractivity contribution in [3.8, 4) is 5.69 Å². The molecule has 0 fully saturated rings. The SMILES string of the molecule is Cc1nn(-c2ccccc2)c(Cl)c1COC(=O)C=Cc1ccncc1. The van der Waals surface area contributed by atoms with E-state index in [-0.39, 0.29) is 6.61 Å². The summed E-state index contributed by atoms with van der Waals surface area (Å²) >= 11 is 6.40. The molecule has 2 heterocycles. The minimum Gasteiger partial charge on any atom is -0.457 e. The van der Waals surface area contributed by atoms with Gasteiger partial charge in [0.25, 0.3) is 0 Å². The molecule has 0 atom stereocenters. The zero-order valence-corrected chi connectivity index (χ0v) is 14.3. The van der Waals surface area contributed by atoms with E-state index in [1.165, 1.54) is 6.08 Å². The Kier molecular flexibility index (Phi) is 5.26. The predicted molar refractivity (Wildman–Crippen MR) is 96.4 cm³/mol. The predicted octanol–water partition coefficient (Wildman–Crippen LogP) is 3.99. The van der Waals surface area contributed by atoms with Crippen LogP contribution in [0.3, 0.4) is 0 Å². The summed E-state index contributed by atoms with van der Waals surface area (Å²) < 4.78 is 6.91. The van der Waals surface area contributed by atoms with Gasteiger partial charge in [0, 0.05) is 24.0 Å². The maximum atomic E-state index is 11.9. The van der Waals surface area contributed by atoms with Gasteiger partial charge in [-0.25, -0.2) is 9.48 Å². The monoisotopic (exact) mass is 353 g/mol. The molecule has 0 aliphatic heterocycles. The van der Waals surface area contributed by atoms with Crippen LogP contribution < -0.4 is 0 Å². The normalized spacial score (nSPS) is 11.0. The summed E-state index contributed by atoms with van der Waals surface area (Å²) in [6, 6.07) is 13.2. The molecule has 0 bridgehead atoms. The van der Waals surface area contributed by atoms with Crippen molar-refractivity contribution in [3.63, 3.8) is 0 Å². The van der Waals surface area contributed by atoms with E-state index in [0.29, 0.717) is 10.7 Å². The van der Waals surface area contributed by atoms with Gasteiger partial charge in [-0.05, 0) is 42.8 Å². The van der Waals surface area contributed by atoms with Gasteiger partial charge in [-0.2, -0.15) is 5.10 Å². The van der Waals surface area contributed by atoms with Crippen LogP contribution in [0.5, 0.6) is 0 Å². The molecule has 3 rings (SSSR count). The molecule has 0 unspecified atom stereocenters. The van der Waals surface area contributed by atoms with Gasteiger partial charge < -0.3 is 4.74 Å². The average molecular weight is 354 g/mol. The number of para-hydroxylation sites is 1. The number of benzene rings is 1. The fraction of sp³-hybridized carbons (Fsp3) is 0.105. The van der Waals surface area contributed by atoms with E-state index in [1.54, 1.807) is 35.3 Å². The lowest BCUT2D eigenvalue weighted by Gasteiger charge is -2.04. The highest BCUT2D eigenvalue weighted by atomic mass is 35.5. The highest BCUT2D eigenvalue weighted by Crippen LogP contribution is 2.24. The number of ether oxygens (including phenoxy) is 1. The summed E-state index contributed by atoms with van der Waals surface area (Å²) in [7, 11) is 0. The van der Waals surface area contributed by atoms with E-state index < -0.39 is 5.97 Å². The van der Waals surface area contributed by atoms with Gasteiger partial charge in [0.2, 0.25) is 0 Å². The summed E-state index contributed by atoms with van der Waals surface area (Å²) in [5, 5.41) is 4.86. The van der Waals surface area contributed by atoms with Gasteiger partial charge in [-0.1, -0.05) is 29.8 Å². The lowest BCUT2D eigenvalue weighted by Crippen LogP contribution is -2.02. The quantitative estimate of drug-likeness (QED) is 0.514. The molecule has 0 saturated carbocycles. The Labute approximate surface area is 150 Å². The molecule has 2 aromatic heterocycles. The minimum atomic E-state index is -0.445. The van der Waals surface area contributed by atoms with Crippen LogP contribution >= 0.6 is 11.6 Å². The van der Waals surface area contributed by atoms with Crippen LogP contribution in [-0.4, -0.2) is 20.7 Å². The summed E-state index contributed by atoms with van der Waals surface area (Å²) in [5.74, 6) is -0.445. The third-order valence-corrected chi connectivity index (χ3v) is 3.99. The van der Waals surface area contributed by atoms with Gasteiger partial charge in [0.1, 0.15) is 11.8 Å². The van der Waals surface area contributed by atoms with E-state index in [9.17, 15) is 4.79 Å². The first-order valence-corrected chi connectivity index (χ1v) is 8.07. The van der Waals surface area contributed by atoms with Crippen LogP contribution in [0, 0.1) is 6.92 Å². The van der Waals surface area contributed by atoms with E-state index in [1.807, 2.05) is 37.3 Å². The highest BCUT2D eigenvalue weighted by molar-refractivity contribution is 6.30. The summed E-state index contributed by atoms with van der Waals surface area (Å²) in [4.78, 5) is 15.8. The lowest BCUT2D eigenvalue weighted by molar-refractivity contribution is -0.138. The van der Waals surface area contributed by atoms with Crippen LogP contribution in [-0.2, 0) is 16.1 Å². The molecule has 0 aliphatic rings. The second kappa shape index (κ2) is 7.77. The molecule has 5 nitrogen and oxygen atoms in total. The van der Waals surface area contributed by atoms with Crippen LogP contribution in [0.2, 0.25) is 5.15 Å². The summed E-state index contributed by atoms with van der Waals surface area (Å²) in [6.07, 6.45) is 6.37. The molecule has 0 saturated heterocycles. The Hall–Kier alpha value is -2.92. The lowest BCUT2D eigenvalue weighted by atomic mass is 10.2. The fourth-order valence-electron chi connectivity index (χ4n) is 2.27. The Morgan fingerprint density at radius 3 is 2.64 bits per heavy atom. The second-order valence-corrected chi connectivity index (χ2v) is 5.68. The average Bonchev–Trinajstić information content (AvgIpc) is 2.94. The molecule has 0 aliphatic carbocycles. The second-order valence-electron chi connectivity index (χ2n) is 5.32. The standard InChI is InChI=1S/C19H16ClN3O2/c1-14-17(19(20)23(22-14)16-5-3-2-4-6-16)13-25-18(24)8-7-15-9-11-21-12-10-15/h2-12H,13H2,1H3. The highest BCUT2D eigenvalue weighted by Gasteiger charge is 2.15. The Balaban J connectivity index is 1.68. The zero-order chi connectivity index (χ0) is 17.6. The number of hydrogen-bond acceptors (Lipinski definition) is 4. The van der Waals surface area contributed by atoms with Crippen LogP contribution in [0.1, 0.15) is 16.8 Å². The smallest absolute Gasteiger partial charge is 0.331 e. The number of carbonyl (C=O) groups excluding carboxylic acids is 1. The van der Waals surface area contributed by atoms with E-state index in [0.717, 1.165) is 16.9 Å². The van der Waals surface area contributed by atoms with Crippen molar-refractivity contribution in [2.24, 2.45) is 0 Å². The number of hydrogen-bond donors (Lipinski definition) is 0. The number of pyridine rings is 1. The van der Waals surface area contributed by atoms with Crippen molar-refractivity contribution in [2.45, 2.75) is 13.5 Å². The summed E-state index contributed by atoms with van der Waals surface area (Å²) in [5.41, 5.74) is 3.14. The minimum absolute atomic E-state index is 0.0665. The Bertz CT molecular complexity index is 890. The maximum absolute atomic E-state index is 11.9. The fourth-order valence-corrected chi connectivity index (χ4v) is 2.59. The molecule has 1 aromatic carbocycles. The van der Waals surface area contributed by atoms with E-state index in [2.05, 4.69) is 10.1 Å². The van der Waals surface area contributed by atoms with Crippen molar-refractivity contribution in [3.05, 3.63) is 82.9 Å². The van der Waals surface area contributed by atoms with Crippen molar-refractivity contribution in [1.82, 2.24) is 14.8 Å². The largest absolute Gasteiger partial charge is 0.457 e. The molecule has 126 valence electrons. The van der Waals surface area contributed by atoms with E-state index in [4.69, 9.17) is 16.3 Å². The molecule has 0 spiro atoms. The molecule has 0 N–H and O–H groups in total. The third-order valence-electron chi connectivity index (χ3n) is 3.60. The number of esters is 1. The van der Waals surface area contributed by atoms with Crippen molar-refractivity contribution < 1.29 is 9.53 Å². The Morgan fingerprint density at radius 2 is 1.92 bits per heavy atom. The van der Waals surface area contributed by atoms with Gasteiger partial charge >= 0.3 is 5.97 Å². The number of carbonyl (C=O) groups is 1. The molecule has 0 radical (unpaired) electrons. The number of halogens is 1. The number of aryl methyl sites for hydroxylation is 1. The van der Waals surface area contributed by atoms with Crippen LogP contribution in [0.25, 0.3) is 11.8 Å². The molecular weight excluding hydrogens is 338 g/mol. The first-order valence-electron chi connectivity index (χ1n) is 7.69. The van der Waals surface area contributed by atoms with Gasteiger partial charge in [-0.15, -0.1) is 0 Å². The molecule has 0 amide bonds. The maximum Gasteiger partial charge on any atom is 0.331 e. The van der Waals surface area contributed by atoms with Crippen molar-refractivity contribution >= 4 is 23.6 Å². The topological polar surface area (TPSA) is 57.0 Å². The van der Waals surface area contributed by atoms with Gasteiger partial charge in [-0.3, -0.25) is 4.98 Å². The van der Waals surface area contributed by atoms with Crippen molar-refractivity contribution in [2.75, 3.05) is 0 Å². The first kappa shape index (κ1) is 16.9. The first-order chi connectivity index (χ1) is 12.1. The number of aromatic nitrogens is 3. The zero-order valence-electron chi connectivity index (χ0n) is 13.6. The number of rotatable bonds is 5.